The van der Waals surface area contributed by atoms with Gasteiger partial charge in [0.15, 0.2) is 0 Å². The summed E-state index contributed by atoms with van der Waals surface area (Å²) in [5, 5.41) is 12.7. The van der Waals surface area contributed by atoms with E-state index in [-0.39, 0.29) is 5.75 Å². The minimum Gasteiger partial charge on any atom is -0.507 e. The van der Waals surface area contributed by atoms with Gasteiger partial charge >= 0.3 is 0 Å². The molecule has 72 valence electrons. The average molecular weight is 195 g/mol. The molecule has 0 amide bonds. The van der Waals surface area contributed by atoms with Crippen LogP contribution in [-0.4, -0.2) is 10.1 Å². The van der Waals surface area contributed by atoms with E-state index in [1.807, 2.05) is 36.4 Å². The Bertz CT molecular complexity index is 646. The van der Waals surface area contributed by atoms with Crippen LogP contribution >= 0.6 is 0 Å². The van der Waals surface area contributed by atoms with Gasteiger partial charge in [0.25, 0.3) is 0 Å². The van der Waals surface area contributed by atoms with Crippen molar-refractivity contribution in [2.24, 2.45) is 0 Å². The maximum absolute atomic E-state index is 9.83. The molecule has 0 atom stereocenters. The van der Waals surface area contributed by atoms with E-state index in [1.54, 1.807) is 12.3 Å². The Balaban J connectivity index is 2.64. The molecular formula is C13H9NO. The molecule has 2 nitrogen and oxygen atoms in total. The molecule has 0 bridgehead atoms. The van der Waals surface area contributed by atoms with Crippen LogP contribution in [0.2, 0.25) is 0 Å². The fourth-order valence-electron chi connectivity index (χ4n) is 1.89. The normalized spacial score (nSPS) is 10.9. The van der Waals surface area contributed by atoms with Crippen molar-refractivity contribution in [3.8, 4) is 5.75 Å². The first-order valence-corrected chi connectivity index (χ1v) is 4.82. The van der Waals surface area contributed by atoms with Crippen molar-refractivity contribution in [2.45, 2.75) is 0 Å². The lowest BCUT2D eigenvalue weighted by Gasteiger charge is -2.04. The molecule has 3 rings (SSSR count). The first-order chi connectivity index (χ1) is 7.36. The zero-order chi connectivity index (χ0) is 10.3. The summed E-state index contributed by atoms with van der Waals surface area (Å²) >= 11 is 0. The number of phenolic OH excluding ortho intramolecular Hbond substituents is 1. The highest BCUT2D eigenvalue weighted by Gasteiger charge is 2.04. The summed E-state index contributed by atoms with van der Waals surface area (Å²) in [6.45, 7) is 0. The van der Waals surface area contributed by atoms with Crippen LogP contribution in [0.5, 0.6) is 5.75 Å². The molecule has 15 heavy (non-hydrogen) atoms. The average Bonchev–Trinajstić information content (AvgIpc) is 2.30. The van der Waals surface area contributed by atoms with E-state index in [0.717, 1.165) is 21.7 Å². The summed E-state index contributed by atoms with van der Waals surface area (Å²) in [7, 11) is 0. The van der Waals surface area contributed by atoms with E-state index in [9.17, 15) is 5.11 Å². The molecule has 1 heterocycles. The molecule has 3 aromatic rings. The number of nitrogens with zero attached hydrogens (tertiary/aromatic N) is 1. The largest absolute Gasteiger partial charge is 0.507 e. The Hall–Kier alpha value is -2.09. The summed E-state index contributed by atoms with van der Waals surface area (Å²) in [4.78, 5) is 4.31. The monoisotopic (exact) mass is 195 g/mol. The van der Waals surface area contributed by atoms with Gasteiger partial charge in [-0.2, -0.15) is 0 Å². The Morgan fingerprint density at radius 2 is 1.73 bits per heavy atom. The second-order valence-corrected chi connectivity index (χ2v) is 3.52. The Morgan fingerprint density at radius 3 is 2.67 bits per heavy atom. The van der Waals surface area contributed by atoms with Crippen molar-refractivity contribution >= 4 is 21.7 Å². The van der Waals surface area contributed by atoms with Gasteiger partial charge in [-0.25, -0.2) is 0 Å². The first kappa shape index (κ1) is 8.24. The predicted molar refractivity (Wildman–Crippen MR) is 60.9 cm³/mol. The van der Waals surface area contributed by atoms with Crippen LogP contribution in [0.15, 0.2) is 48.7 Å². The standard InChI is InChI=1S/C13H9NO/c15-12-8-9-4-1-2-5-10(9)13-11(12)6-3-7-14-13/h1-8,15H. The maximum Gasteiger partial charge on any atom is 0.125 e. The quantitative estimate of drug-likeness (QED) is 0.559. The third-order valence-corrected chi connectivity index (χ3v) is 2.59. The number of aromatic nitrogens is 1. The van der Waals surface area contributed by atoms with Crippen LogP contribution in [0.4, 0.5) is 0 Å². The molecule has 0 unspecified atom stereocenters. The highest BCUT2D eigenvalue weighted by molar-refractivity contribution is 6.07. The van der Waals surface area contributed by atoms with Gasteiger partial charge in [-0.1, -0.05) is 24.3 Å². The SMILES string of the molecule is Oc1cc2ccccc2c2ncccc12. The number of pyridine rings is 1. The van der Waals surface area contributed by atoms with Crippen molar-refractivity contribution in [3.63, 3.8) is 0 Å². The van der Waals surface area contributed by atoms with Gasteiger partial charge in [0, 0.05) is 17.0 Å². The molecule has 2 heteroatoms. The third kappa shape index (κ3) is 1.15. The summed E-state index contributed by atoms with van der Waals surface area (Å²) in [6.07, 6.45) is 1.74. The molecular weight excluding hydrogens is 186 g/mol. The van der Waals surface area contributed by atoms with Gasteiger partial charge in [-0.3, -0.25) is 4.98 Å². The summed E-state index contributed by atoms with van der Waals surface area (Å²) in [6, 6.07) is 13.4. The number of hydrogen-bond donors (Lipinski definition) is 1. The Kier molecular flexibility index (Phi) is 1.62. The lowest BCUT2D eigenvalue weighted by Crippen LogP contribution is -1.81. The number of benzene rings is 2. The highest BCUT2D eigenvalue weighted by Crippen LogP contribution is 2.30. The molecule has 0 aliphatic heterocycles. The van der Waals surface area contributed by atoms with Crippen LogP contribution < -0.4 is 0 Å². The molecule has 0 aliphatic rings. The van der Waals surface area contributed by atoms with Gasteiger partial charge in [0.1, 0.15) is 5.75 Å². The molecule has 0 radical (unpaired) electrons. The van der Waals surface area contributed by atoms with Crippen molar-refractivity contribution in [3.05, 3.63) is 48.7 Å². The lowest BCUT2D eigenvalue weighted by atomic mass is 10.1. The van der Waals surface area contributed by atoms with Gasteiger partial charge in [-0.05, 0) is 23.6 Å². The van der Waals surface area contributed by atoms with E-state index in [1.165, 1.54) is 0 Å². The molecule has 1 N–H and O–H groups in total. The van der Waals surface area contributed by atoms with Gasteiger partial charge in [0.2, 0.25) is 0 Å². The van der Waals surface area contributed by atoms with Crippen LogP contribution in [0.25, 0.3) is 21.7 Å². The van der Waals surface area contributed by atoms with Gasteiger partial charge < -0.3 is 5.11 Å². The van der Waals surface area contributed by atoms with E-state index in [2.05, 4.69) is 4.98 Å². The molecule has 0 saturated heterocycles. The zero-order valence-electron chi connectivity index (χ0n) is 8.01. The van der Waals surface area contributed by atoms with Crippen LogP contribution in [-0.2, 0) is 0 Å². The molecule has 0 fully saturated rings. The van der Waals surface area contributed by atoms with Crippen LogP contribution in [0.1, 0.15) is 0 Å². The van der Waals surface area contributed by atoms with E-state index >= 15 is 0 Å². The minimum absolute atomic E-state index is 0.289. The minimum atomic E-state index is 0.289. The number of fused-ring (bicyclic) bond motifs is 3. The molecule has 0 spiro atoms. The second kappa shape index (κ2) is 2.95. The van der Waals surface area contributed by atoms with Crippen molar-refractivity contribution in [1.29, 1.82) is 0 Å². The molecule has 2 aromatic carbocycles. The highest BCUT2D eigenvalue weighted by atomic mass is 16.3. The van der Waals surface area contributed by atoms with Crippen molar-refractivity contribution in [1.82, 2.24) is 4.98 Å². The van der Waals surface area contributed by atoms with Gasteiger partial charge in [-0.15, -0.1) is 0 Å². The van der Waals surface area contributed by atoms with Crippen LogP contribution in [0.3, 0.4) is 0 Å². The zero-order valence-corrected chi connectivity index (χ0v) is 8.01. The fourth-order valence-corrected chi connectivity index (χ4v) is 1.89. The number of rotatable bonds is 0. The first-order valence-electron chi connectivity index (χ1n) is 4.82. The third-order valence-electron chi connectivity index (χ3n) is 2.59. The molecule has 0 saturated carbocycles. The fraction of sp³-hybridized carbons (Fsp3) is 0. The lowest BCUT2D eigenvalue weighted by molar-refractivity contribution is 0.482. The van der Waals surface area contributed by atoms with E-state index in [0.29, 0.717) is 0 Å². The Morgan fingerprint density at radius 1 is 0.933 bits per heavy atom. The molecule has 0 aliphatic carbocycles. The predicted octanol–water partition coefficient (Wildman–Crippen LogP) is 3.09. The molecule has 1 aromatic heterocycles. The van der Waals surface area contributed by atoms with Crippen molar-refractivity contribution in [2.75, 3.05) is 0 Å². The number of phenols is 1. The van der Waals surface area contributed by atoms with Gasteiger partial charge in [0.05, 0.1) is 5.52 Å². The maximum atomic E-state index is 9.83. The second-order valence-electron chi connectivity index (χ2n) is 3.52. The van der Waals surface area contributed by atoms with E-state index < -0.39 is 0 Å². The summed E-state index contributed by atoms with van der Waals surface area (Å²) in [5.74, 6) is 0.289. The number of hydrogen-bond acceptors (Lipinski definition) is 2. The van der Waals surface area contributed by atoms with E-state index in [4.69, 9.17) is 0 Å². The number of aromatic hydroxyl groups is 1. The smallest absolute Gasteiger partial charge is 0.125 e. The summed E-state index contributed by atoms with van der Waals surface area (Å²) < 4.78 is 0. The van der Waals surface area contributed by atoms with Crippen molar-refractivity contribution < 1.29 is 5.11 Å². The summed E-state index contributed by atoms with van der Waals surface area (Å²) in [5.41, 5.74) is 0.855. The topological polar surface area (TPSA) is 33.1 Å². The van der Waals surface area contributed by atoms with Crippen LogP contribution in [0, 0.1) is 0 Å². The Labute approximate surface area is 86.8 Å².